The smallest absolute Gasteiger partial charge is 0.309 e. The van der Waals surface area contributed by atoms with Crippen molar-refractivity contribution in [2.24, 2.45) is 5.92 Å². The molecular weight excluding hydrogens is 312 g/mol. The van der Waals surface area contributed by atoms with Gasteiger partial charge in [-0.25, -0.2) is 0 Å². The van der Waals surface area contributed by atoms with E-state index in [1.165, 1.54) is 11.1 Å². The Labute approximate surface area is 151 Å². The molecule has 25 heavy (non-hydrogen) atoms. The second-order valence-corrected chi connectivity index (χ2v) is 6.57. The van der Waals surface area contributed by atoms with Gasteiger partial charge in [0.1, 0.15) is 0 Å². The Kier molecular flexibility index (Phi) is 6.40. The van der Waals surface area contributed by atoms with Crippen molar-refractivity contribution < 1.29 is 9.53 Å². The standard InChI is InChI=1S/C19H24N2O2.C2H6/c1-5-21-11-13(4)18(20-21)15-8-6-14(7-9-15)16-10-17(16)19(22)23-12(2)3;1-2/h6-9,11-12,16-17H,5,10H2,1-4H3;1-2H3. The molecule has 0 spiro atoms. The topological polar surface area (TPSA) is 44.1 Å². The highest BCUT2D eigenvalue weighted by molar-refractivity contribution is 5.77. The van der Waals surface area contributed by atoms with E-state index in [-0.39, 0.29) is 18.0 Å². The Morgan fingerprint density at radius 3 is 2.44 bits per heavy atom. The van der Waals surface area contributed by atoms with E-state index in [4.69, 9.17) is 4.74 Å². The average Bonchev–Trinajstić information content (AvgIpc) is 3.32. The first-order valence-corrected chi connectivity index (χ1v) is 9.34. The molecule has 1 aliphatic carbocycles. The molecule has 1 aliphatic rings. The molecule has 0 radical (unpaired) electrons. The van der Waals surface area contributed by atoms with Gasteiger partial charge in [0.2, 0.25) is 0 Å². The van der Waals surface area contributed by atoms with Crippen molar-refractivity contribution in [1.29, 1.82) is 0 Å². The minimum atomic E-state index is -0.0633. The fraction of sp³-hybridized carbons (Fsp3) is 0.524. The lowest BCUT2D eigenvalue weighted by molar-refractivity contribution is -0.149. The summed E-state index contributed by atoms with van der Waals surface area (Å²) in [4.78, 5) is 11.9. The third kappa shape index (κ3) is 4.50. The molecule has 2 atom stereocenters. The number of rotatable bonds is 5. The van der Waals surface area contributed by atoms with Gasteiger partial charge in [0, 0.05) is 18.3 Å². The molecule has 0 saturated heterocycles. The number of ether oxygens (including phenoxy) is 1. The molecule has 1 aromatic heterocycles. The molecule has 1 heterocycles. The lowest BCUT2D eigenvalue weighted by Crippen LogP contribution is -2.13. The van der Waals surface area contributed by atoms with Crippen molar-refractivity contribution in [3.63, 3.8) is 0 Å². The van der Waals surface area contributed by atoms with Gasteiger partial charge in [0.15, 0.2) is 0 Å². The van der Waals surface area contributed by atoms with Gasteiger partial charge in [-0.05, 0) is 51.2 Å². The minimum absolute atomic E-state index is 0.0317. The van der Waals surface area contributed by atoms with E-state index in [9.17, 15) is 4.79 Å². The van der Waals surface area contributed by atoms with Gasteiger partial charge in [-0.3, -0.25) is 9.48 Å². The molecule has 4 nitrogen and oxygen atoms in total. The van der Waals surface area contributed by atoms with Gasteiger partial charge in [-0.15, -0.1) is 0 Å². The first-order valence-electron chi connectivity index (χ1n) is 9.34. The molecular formula is C21H30N2O2. The Hall–Kier alpha value is -2.10. The zero-order valence-corrected chi connectivity index (χ0v) is 16.2. The summed E-state index contributed by atoms with van der Waals surface area (Å²) in [6.45, 7) is 12.8. The van der Waals surface area contributed by atoms with E-state index in [1.807, 2.05) is 32.4 Å². The maximum atomic E-state index is 11.9. The highest BCUT2D eigenvalue weighted by Crippen LogP contribution is 2.48. The van der Waals surface area contributed by atoms with E-state index >= 15 is 0 Å². The first kappa shape index (κ1) is 19.2. The highest BCUT2D eigenvalue weighted by atomic mass is 16.5. The predicted molar refractivity (Wildman–Crippen MR) is 101 cm³/mol. The van der Waals surface area contributed by atoms with Crippen molar-refractivity contribution >= 4 is 5.97 Å². The van der Waals surface area contributed by atoms with Crippen LogP contribution in [0, 0.1) is 12.8 Å². The molecule has 0 amide bonds. The number of carbonyl (C=O) groups is 1. The van der Waals surface area contributed by atoms with Crippen LogP contribution in [0.1, 0.15) is 58.1 Å². The molecule has 0 aliphatic heterocycles. The average molecular weight is 342 g/mol. The monoisotopic (exact) mass is 342 g/mol. The van der Waals surface area contributed by atoms with E-state index in [0.29, 0.717) is 5.92 Å². The first-order chi connectivity index (χ1) is 12.0. The minimum Gasteiger partial charge on any atom is -0.463 e. The predicted octanol–water partition coefficient (Wildman–Crippen LogP) is 4.96. The molecule has 1 saturated carbocycles. The Balaban J connectivity index is 0.00000109. The summed E-state index contributed by atoms with van der Waals surface area (Å²) in [6, 6.07) is 8.45. The number of hydrogen-bond acceptors (Lipinski definition) is 3. The summed E-state index contributed by atoms with van der Waals surface area (Å²) < 4.78 is 7.25. The summed E-state index contributed by atoms with van der Waals surface area (Å²) in [5.41, 5.74) is 4.56. The van der Waals surface area contributed by atoms with Gasteiger partial charge >= 0.3 is 5.97 Å². The molecule has 136 valence electrons. The molecule has 2 unspecified atom stereocenters. The molecule has 4 heteroatoms. The van der Waals surface area contributed by atoms with Crippen molar-refractivity contribution in [3.8, 4) is 11.3 Å². The van der Waals surface area contributed by atoms with Crippen LogP contribution >= 0.6 is 0 Å². The SMILES string of the molecule is CC.CCn1cc(C)c(-c2ccc(C3CC3C(=O)OC(C)C)cc2)n1. The largest absolute Gasteiger partial charge is 0.463 e. The van der Waals surface area contributed by atoms with Crippen molar-refractivity contribution in [2.45, 2.75) is 66.5 Å². The van der Waals surface area contributed by atoms with Crippen molar-refractivity contribution in [3.05, 3.63) is 41.6 Å². The highest BCUT2D eigenvalue weighted by Gasteiger charge is 2.45. The van der Waals surface area contributed by atoms with E-state index in [1.54, 1.807) is 0 Å². The molecule has 1 aromatic carbocycles. The zero-order valence-electron chi connectivity index (χ0n) is 16.2. The van der Waals surface area contributed by atoms with E-state index in [2.05, 4.69) is 49.4 Å². The fourth-order valence-electron chi connectivity index (χ4n) is 3.00. The zero-order chi connectivity index (χ0) is 18.6. The molecule has 1 fully saturated rings. The van der Waals surface area contributed by atoms with Gasteiger partial charge in [-0.2, -0.15) is 5.10 Å². The molecule has 3 rings (SSSR count). The summed E-state index contributed by atoms with van der Waals surface area (Å²) in [5.74, 6) is 0.278. The number of carbonyl (C=O) groups excluding carboxylic acids is 1. The van der Waals surface area contributed by atoms with Gasteiger partial charge in [0.05, 0.1) is 17.7 Å². The van der Waals surface area contributed by atoms with E-state index < -0.39 is 0 Å². The Bertz CT molecular complexity index is 701. The third-order valence-electron chi connectivity index (χ3n) is 4.33. The Morgan fingerprint density at radius 2 is 1.92 bits per heavy atom. The Morgan fingerprint density at radius 1 is 1.28 bits per heavy atom. The van der Waals surface area contributed by atoms with Crippen LogP contribution in [0.5, 0.6) is 0 Å². The second kappa shape index (κ2) is 8.32. The lowest BCUT2D eigenvalue weighted by atomic mass is 10.0. The van der Waals surface area contributed by atoms with Crippen LogP contribution in [0.4, 0.5) is 0 Å². The second-order valence-electron chi connectivity index (χ2n) is 6.57. The molecule has 0 N–H and O–H groups in total. The van der Waals surface area contributed by atoms with Crippen LogP contribution in [0.15, 0.2) is 30.5 Å². The van der Waals surface area contributed by atoms with Crippen molar-refractivity contribution in [1.82, 2.24) is 9.78 Å². The van der Waals surface area contributed by atoms with Crippen LogP contribution in [0.2, 0.25) is 0 Å². The molecule has 2 aromatic rings. The summed E-state index contributed by atoms with van der Waals surface area (Å²) >= 11 is 0. The van der Waals surface area contributed by atoms with Crippen LogP contribution in [0.25, 0.3) is 11.3 Å². The van der Waals surface area contributed by atoms with Gasteiger partial charge in [-0.1, -0.05) is 38.1 Å². The van der Waals surface area contributed by atoms with Gasteiger partial charge in [0.25, 0.3) is 0 Å². The maximum absolute atomic E-state index is 11.9. The lowest BCUT2D eigenvalue weighted by Gasteiger charge is -2.07. The molecule has 0 bridgehead atoms. The third-order valence-corrected chi connectivity index (χ3v) is 4.33. The quantitative estimate of drug-likeness (QED) is 0.721. The number of nitrogens with zero attached hydrogens (tertiary/aromatic N) is 2. The number of aromatic nitrogens is 2. The normalized spacial score (nSPS) is 18.5. The van der Waals surface area contributed by atoms with E-state index in [0.717, 1.165) is 24.2 Å². The van der Waals surface area contributed by atoms with Crippen molar-refractivity contribution in [2.75, 3.05) is 0 Å². The summed E-state index contributed by atoms with van der Waals surface area (Å²) in [7, 11) is 0. The number of aryl methyl sites for hydroxylation is 2. The number of benzene rings is 1. The van der Waals surface area contributed by atoms with Crippen LogP contribution < -0.4 is 0 Å². The van der Waals surface area contributed by atoms with Crippen LogP contribution in [-0.2, 0) is 16.1 Å². The summed E-state index contributed by atoms with van der Waals surface area (Å²) in [5, 5.41) is 4.61. The maximum Gasteiger partial charge on any atom is 0.309 e. The van der Waals surface area contributed by atoms with Crippen LogP contribution in [-0.4, -0.2) is 21.9 Å². The van der Waals surface area contributed by atoms with Crippen LogP contribution in [0.3, 0.4) is 0 Å². The number of hydrogen-bond donors (Lipinski definition) is 0. The fourth-order valence-corrected chi connectivity index (χ4v) is 3.00. The number of esters is 1. The summed E-state index contributed by atoms with van der Waals surface area (Å²) in [6.07, 6.45) is 2.93. The van der Waals surface area contributed by atoms with Gasteiger partial charge < -0.3 is 4.74 Å².